The van der Waals surface area contributed by atoms with Crippen LogP contribution in [0.15, 0.2) is 12.1 Å². The Hall–Kier alpha value is -0.275. The van der Waals surface area contributed by atoms with E-state index in [1.807, 2.05) is 6.08 Å². The van der Waals surface area contributed by atoms with E-state index in [0.29, 0.717) is 0 Å². The van der Waals surface area contributed by atoms with Gasteiger partial charge in [0.2, 0.25) is 0 Å². The van der Waals surface area contributed by atoms with Crippen molar-refractivity contribution >= 4 is 7.12 Å². The van der Waals surface area contributed by atoms with Gasteiger partial charge >= 0.3 is 7.12 Å². The lowest BCUT2D eigenvalue weighted by Gasteiger charge is -1.98. The van der Waals surface area contributed by atoms with E-state index in [9.17, 15) is 0 Å². The quantitative estimate of drug-likeness (QED) is 0.441. The minimum atomic E-state index is -1.28. The highest BCUT2D eigenvalue weighted by molar-refractivity contribution is 6.47. The van der Waals surface area contributed by atoms with Gasteiger partial charge in [0.1, 0.15) is 0 Å². The van der Waals surface area contributed by atoms with Crippen molar-refractivity contribution in [1.82, 2.24) is 0 Å². The fourth-order valence-electron chi connectivity index (χ4n) is 1.44. The standard InChI is InChI=1S/C11H23BO2/c1-2-3-4-5-6-7-8-9-10-11-12(13)14/h10-11,13-14H,2-9H2,1H3. The Kier molecular flexibility index (Phi) is 10.6. The van der Waals surface area contributed by atoms with Gasteiger partial charge in [-0.15, -0.1) is 0 Å². The predicted octanol–water partition coefficient (Wildman–Crippen LogP) is 2.70. The van der Waals surface area contributed by atoms with Crippen LogP contribution in [0.25, 0.3) is 0 Å². The summed E-state index contributed by atoms with van der Waals surface area (Å²) in [5.74, 6) is 1.43. The summed E-state index contributed by atoms with van der Waals surface area (Å²) in [6, 6.07) is 0. The summed E-state index contributed by atoms with van der Waals surface area (Å²) in [6.45, 7) is 2.23. The third kappa shape index (κ3) is 11.7. The number of rotatable bonds is 9. The average Bonchev–Trinajstić information content (AvgIpc) is 2.15. The number of hydrogen-bond acceptors (Lipinski definition) is 2. The molecule has 0 aliphatic heterocycles. The molecular formula is C11H23BO2. The number of hydrogen-bond donors (Lipinski definition) is 2. The van der Waals surface area contributed by atoms with E-state index in [1.165, 1.54) is 44.5 Å². The van der Waals surface area contributed by atoms with E-state index in [-0.39, 0.29) is 0 Å². The largest absolute Gasteiger partial charge is 0.480 e. The maximum Gasteiger partial charge on any atom is 0.480 e. The maximum atomic E-state index is 8.52. The van der Waals surface area contributed by atoms with Crippen LogP contribution >= 0.6 is 0 Å². The summed E-state index contributed by atoms with van der Waals surface area (Å²) in [5, 5.41) is 17.0. The zero-order valence-corrected chi connectivity index (χ0v) is 9.28. The van der Waals surface area contributed by atoms with Crippen LogP contribution < -0.4 is 0 Å². The Bertz CT molecular complexity index is 135. The molecule has 0 radical (unpaired) electrons. The summed E-state index contributed by atoms with van der Waals surface area (Å²) in [4.78, 5) is 0. The molecule has 2 nitrogen and oxygen atoms in total. The first kappa shape index (κ1) is 13.7. The molecule has 0 atom stereocenters. The van der Waals surface area contributed by atoms with Crippen LogP contribution in [0.1, 0.15) is 58.3 Å². The second kappa shape index (κ2) is 10.8. The van der Waals surface area contributed by atoms with Crippen molar-refractivity contribution in [2.45, 2.75) is 58.3 Å². The highest BCUT2D eigenvalue weighted by atomic mass is 16.4. The van der Waals surface area contributed by atoms with E-state index in [4.69, 9.17) is 10.0 Å². The van der Waals surface area contributed by atoms with Crippen molar-refractivity contribution in [2.75, 3.05) is 0 Å². The molecule has 0 aromatic heterocycles. The van der Waals surface area contributed by atoms with Crippen LogP contribution in [-0.4, -0.2) is 17.2 Å². The predicted molar refractivity (Wildman–Crippen MR) is 61.9 cm³/mol. The van der Waals surface area contributed by atoms with Crippen LogP contribution in [0.5, 0.6) is 0 Å². The molecule has 2 N–H and O–H groups in total. The zero-order chi connectivity index (χ0) is 10.6. The zero-order valence-electron chi connectivity index (χ0n) is 9.28. The second-order valence-corrected chi connectivity index (χ2v) is 3.75. The third-order valence-electron chi connectivity index (χ3n) is 2.28. The van der Waals surface area contributed by atoms with Gasteiger partial charge in [-0.1, -0.05) is 57.5 Å². The lowest BCUT2D eigenvalue weighted by molar-refractivity contribution is 0.424. The summed E-state index contributed by atoms with van der Waals surface area (Å²) in [5.41, 5.74) is 0. The molecule has 0 aromatic carbocycles. The molecule has 0 heterocycles. The number of unbranched alkanes of at least 4 members (excludes halogenated alkanes) is 7. The van der Waals surface area contributed by atoms with Crippen LogP contribution in [0.2, 0.25) is 0 Å². The molecule has 0 rings (SSSR count). The highest BCUT2D eigenvalue weighted by Gasteiger charge is 1.96. The van der Waals surface area contributed by atoms with Gasteiger partial charge in [-0.05, 0) is 12.8 Å². The van der Waals surface area contributed by atoms with Gasteiger partial charge in [-0.3, -0.25) is 0 Å². The summed E-state index contributed by atoms with van der Waals surface area (Å²) in [7, 11) is -1.28. The van der Waals surface area contributed by atoms with Crippen molar-refractivity contribution in [3.63, 3.8) is 0 Å². The molecule has 0 spiro atoms. The van der Waals surface area contributed by atoms with Crippen LogP contribution in [0.4, 0.5) is 0 Å². The molecule has 0 amide bonds. The van der Waals surface area contributed by atoms with Crippen molar-refractivity contribution in [2.24, 2.45) is 0 Å². The van der Waals surface area contributed by atoms with Crippen molar-refractivity contribution in [3.8, 4) is 0 Å². The first-order valence-corrected chi connectivity index (χ1v) is 5.80. The molecule has 0 saturated carbocycles. The molecule has 3 heteroatoms. The van der Waals surface area contributed by atoms with Crippen molar-refractivity contribution in [3.05, 3.63) is 12.1 Å². The van der Waals surface area contributed by atoms with Crippen molar-refractivity contribution < 1.29 is 10.0 Å². The van der Waals surface area contributed by atoms with E-state index in [1.54, 1.807) is 0 Å². The van der Waals surface area contributed by atoms with Gasteiger partial charge < -0.3 is 10.0 Å². The maximum absolute atomic E-state index is 8.52. The smallest absolute Gasteiger partial charge is 0.424 e. The molecule has 0 bridgehead atoms. The Morgan fingerprint density at radius 1 is 0.929 bits per heavy atom. The number of allylic oxidation sites excluding steroid dienone is 1. The molecule has 0 aliphatic rings. The Balaban J connectivity index is 2.99. The van der Waals surface area contributed by atoms with Gasteiger partial charge in [0.05, 0.1) is 0 Å². The monoisotopic (exact) mass is 198 g/mol. The molecule has 82 valence electrons. The van der Waals surface area contributed by atoms with E-state index in [2.05, 4.69) is 6.92 Å². The van der Waals surface area contributed by atoms with E-state index >= 15 is 0 Å². The molecule has 0 aromatic rings. The minimum Gasteiger partial charge on any atom is -0.424 e. The van der Waals surface area contributed by atoms with E-state index in [0.717, 1.165) is 12.8 Å². The lowest BCUT2D eigenvalue weighted by Crippen LogP contribution is -2.05. The SMILES string of the molecule is CCCCCCCCCC=CB(O)O. The lowest BCUT2D eigenvalue weighted by atomic mass is 9.91. The van der Waals surface area contributed by atoms with Crippen LogP contribution in [0.3, 0.4) is 0 Å². The van der Waals surface area contributed by atoms with Gasteiger partial charge in [0.15, 0.2) is 0 Å². The Morgan fingerprint density at radius 3 is 2.07 bits per heavy atom. The van der Waals surface area contributed by atoms with Gasteiger partial charge in [0, 0.05) is 0 Å². The molecule has 0 saturated heterocycles. The van der Waals surface area contributed by atoms with Crippen LogP contribution in [-0.2, 0) is 0 Å². The second-order valence-electron chi connectivity index (χ2n) is 3.75. The summed E-state index contributed by atoms with van der Waals surface area (Å²) < 4.78 is 0. The summed E-state index contributed by atoms with van der Waals surface area (Å²) >= 11 is 0. The Morgan fingerprint density at radius 2 is 1.50 bits per heavy atom. The third-order valence-corrected chi connectivity index (χ3v) is 2.28. The molecule has 0 fully saturated rings. The first-order chi connectivity index (χ1) is 6.77. The van der Waals surface area contributed by atoms with Crippen LogP contribution in [0, 0.1) is 0 Å². The van der Waals surface area contributed by atoms with Gasteiger partial charge in [0.25, 0.3) is 0 Å². The fraction of sp³-hybridized carbons (Fsp3) is 0.818. The van der Waals surface area contributed by atoms with Gasteiger partial charge in [-0.2, -0.15) is 0 Å². The molecular weight excluding hydrogens is 175 g/mol. The first-order valence-electron chi connectivity index (χ1n) is 5.80. The average molecular weight is 198 g/mol. The summed E-state index contributed by atoms with van der Waals surface area (Å²) in [6.07, 6.45) is 11.9. The van der Waals surface area contributed by atoms with Gasteiger partial charge in [-0.25, -0.2) is 0 Å². The highest BCUT2D eigenvalue weighted by Crippen LogP contribution is 2.08. The fourth-order valence-corrected chi connectivity index (χ4v) is 1.44. The van der Waals surface area contributed by atoms with E-state index < -0.39 is 7.12 Å². The molecule has 14 heavy (non-hydrogen) atoms. The normalized spacial score (nSPS) is 11.1. The Labute approximate surface area is 88.2 Å². The molecule has 0 aliphatic carbocycles. The topological polar surface area (TPSA) is 40.5 Å². The molecule has 0 unspecified atom stereocenters. The van der Waals surface area contributed by atoms with Crippen molar-refractivity contribution in [1.29, 1.82) is 0 Å². The minimum absolute atomic E-state index is 0.964.